The average molecular weight is 467 g/mol. The number of ether oxygens (including phenoxy) is 2. The lowest BCUT2D eigenvalue weighted by Crippen LogP contribution is -2.29. The summed E-state index contributed by atoms with van der Waals surface area (Å²) in [5.74, 6) is 1.56. The second-order valence-electron chi connectivity index (χ2n) is 8.95. The fourth-order valence-electron chi connectivity index (χ4n) is 5.42. The first-order valence-corrected chi connectivity index (χ1v) is 12.0. The van der Waals surface area contributed by atoms with E-state index in [1.165, 1.54) is 22.3 Å². The van der Waals surface area contributed by atoms with Crippen LogP contribution < -0.4 is 9.47 Å². The van der Waals surface area contributed by atoms with E-state index in [1.54, 1.807) is 0 Å². The molecule has 0 saturated heterocycles. The molecular weight excluding hydrogens is 436 g/mol. The highest BCUT2D eigenvalue weighted by Gasteiger charge is 2.46. The van der Waals surface area contributed by atoms with E-state index in [9.17, 15) is 10.2 Å². The Morgan fingerprint density at radius 1 is 0.600 bits per heavy atom. The summed E-state index contributed by atoms with van der Waals surface area (Å²) in [4.78, 5) is 0. The fraction of sp³-hybridized carbons (Fsp3) is 0.226. The number of aliphatic hydroxyl groups excluding tert-OH is 2. The van der Waals surface area contributed by atoms with Crippen molar-refractivity contribution >= 4 is 0 Å². The summed E-state index contributed by atoms with van der Waals surface area (Å²) in [5.41, 5.74) is 8.82. The molecule has 0 atom stereocenters. The minimum Gasteiger partial charge on any atom is -0.491 e. The van der Waals surface area contributed by atoms with Gasteiger partial charge in [-0.2, -0.15) is 0 Å². The number of hydrogen-bond acceptors (Lipinski definition) is 4. The van der Waals surface area contributed by atoms with Gasteiger partial charge >= 0.3 is 0 Å². The number of fused-ring (bicyclic) bond motifs is 3. The van der Waals surface area contributed by atoms with Crippen molar-refractivity contribution in [2.75, 3.05) is 26.4 Å². The third-order valence-electron chi connectivity index (χ3n) is 6.87. The zero-order valence-corrected chi connectivity index (χ0v) is 20.1. The van der Waals surface area contributed by atoms with Crippen molar-refractivity contribution < 1.29 is 19.7 Å². The molecule has 2 N–H and O–H groups in total. The molecule has 0 spiro atoms. The van der Waals surface area contributed by atoms with Crippen LogP contribution in [0.1, 0.15) is 33.4 Å². The van der Waals surface area contributed by atoms with Gasteiger partial charge in [0.05, 0.1) is 18.6 Å². The molecule has 0 aliphatic heterocycles. The molecular formula is C31H30O4. The number of hydrogen-bond donors (Lipinski definition) is 2. The second kappa shape index (κ2) is 9.57. The van der Waals surface area contributed by atoms with Crippen molar-refractivity contribution in [2.45, 2.75) is 19.3 Å². The largest absolute Gasteiger partial charge is 0.491 e. The lowest BCUT2D eigenvalue weighted by molar-refractivity contribution is 0.200. The third kappa shape index (κ3) is 3.79. The summed E-state index contributed by atoms with van der Waals surface area (Å²) in [6, 6.07) is 30.0. The molecule has 0 unspecified atom stereocenters. The van der Waals surface area contributed by atoms with Crippen LogP contribution in [-0.2, 0) is 5.41 Å². The van der Waals surface area contributed by atoms with Crippen LogP contribution in [0.25, 0.3) is 11.1 Å². The molecule has 4 aromatic rings. The summed E-state index contributed by atoms with van der Waals surface area (Å²) in [7, 11) is 0. The van der Waals surface area contributed by atoms with Gasteiger partial charge in [0.15, 0.2) is 0 Å². The van der Waals surface area contributed by atoms with Crippen molar-refractivity contribution in [2.24, 2.45) is 0 Å². The molecule has 0 bridgehead atoms. The lowest BCUT2D eigenvalue weighted by atomic mass is 9.67. The normalized spacial score (nSPS) is 13.3. The topological polar surface area (TPSA) is 58.9 Å². The smallest absolute Gasteiger partial charge is 0.122 e. The van der Waals surface area contributed by atoms with Crippen molar-refractivity contribution in [3.8, 4) is 22.6 Å². The van der Waals surface area contributed by atoms with Gasteiger partial charge in [-0.25, -0.2) is 0 Å². The molecule has 4 heteroatoms. The van der Waals surface area contributed by atoms with Gasteiger partial charge in [0.25, 0.3) is 0 Å². The van der Waals surface area contributed by atoms with E-state index >= 15 is 0 Å². The van der Waals surface area contributed by atoms with Crippen molar-refractivity contribution in [1.29, 1.82) is 0 Å². The Kier molecular flexibility index (Phi) is 6.33. The second-order valence-corrected chi connectivity index (χ2v) is 8.95. The van der Waals surface area contributed by atoms with Gasteiger partial charge in [-0.05, 0) is 70.5 Å². The van der Waals surface area contributed by atoms with Gasteiger partial charge in [0.2, 0.25) is 0 Å². The zero-order chi connectivity index (χ0) is 24.4. The Balaban J connectivity index is 1.78. The lowest BCUT2D eigenvalue weighted by Gasteiger charge is -2.34. The van der Waals surface area contributed by atoms with Crippen LogP contribution >= 0.6 is 0 Å². The summed E-state index contributed by atoms with van der Waals surface area (Å²) < 4.78 is 11.5. The van der Waals surface area contributed by atoms with Gasteiger partial charge in [-0.1, -0.05) is 72.8 Å². The van der Waals surface area contributed by atoms with Crippen molar-refractivity contribution in [3.05, 3.63) is 118 Å². The molecule has 0 amide bonds. The third-order valence-corrected chi connectivity index (χ3v) is 6.87. The minimum atomic E-state index is -0.506. The van der Waals surface area contributed by atoms with Crippen molar-refractivity contribution in [3.63, 3.8) is 0 Å². The van der Waals surface area contributed by atoms with Crippen LogP contribution in [0.2, 0.25) is 0 Å². The van der Waals surface area contributed by atoms with E-state index in [-0.39, 0.29) is 26.4 Å². The Labute approximate surface area is 206 Å². The van der Waals surface area contributed by atoms with E-state index in [0.29, 0.717) is 0 Å². The highest BCUT2D eigenvalue weighted by molar-refractivity contribution is 5.86. The summed E-state index contributed by atoms with van der Waals surface area (Å²) in [5, 5.41) is 18.4. The van der Waals surface area contributed by atoms with Gasteiger partial charge in [0, 0.05) is 0 Å². The predicted molar refractivity (Wildman–Crippen MR) is 138 cm³/mol. The molecule has 1 aliphatic rings. The van der Waals surface area contributed by atoms with E-state index in [2.05, 4.69) is 72.8 Å². The van der Waals surface area contributed by atoms with E-state index in [4.69, 9.17) is 9.47 Å². The number of benzene rings is 4. The molecule has 0 fully saturated rings. The molecule has 0 aromatic heterocycles. The van der Waals surface area contributed by atoms with Gasteiger partial charge in [-0.15, -0.1) is 0 Å². The fourth-order valence-corrected chi connectivity index (χ4v) is 5.42. The quantitative estimate of drug-likeness (QED) is 0.321. The van der Waals surface area contributed by atoms with Gasteiger partial charge in [0.1, 0.15) is 24.7 Å². The molecule has 1 aliphatic carbocycles. The number of aliphatic hydroxyl groups is 2. The van der Waals surface area contributed by atoms with E-state index in [1.807, 2.05) is 26.0 Å². The first-order valence-electron chi connectivity index (χ1n) is 12.0. The van der Waals surface area contributed by atoms with Crippen LogP contribution in [-0.4, -0.2) is 36.6 Å². The molecule has 4 aromatic carbocycles. The summed E-state index contributed by atoms with van der Waals surface area (Å²) >= 11 is 0. The van der Waals surface area contributed by atoms with Gasteiger partial charge < -0.3 is 19.7 Å². The van der Waals surface area contributed by atoms with Crippen molar-refractivity contribution in [1.82, 2.24) is 0 Å². The molecule has 0 heterocycles. The maximum Gasteiger partial charge on any atom is 0.122 e. The van der Waals surface area contributed by atoms with Crippen LogP contribution in [0.5, 0.6) is 11.5 Å². The molecule has 5 rings (SSSR count). The van der Waals surface area contributed by atoms with Gasteiger partial charge in [-0.3, -0.25) is 0 Å². The Morgan fingerprint density at radius 2 is 1.03 bits per heavy atom. The highest BCUT2D eigenvalue weighted by atomic mass is 16.5. The predicted octanol–water partition coefficient (Wildman–Crippen LogP) is 5.41. The Bertz CT molecular complexity index is 1250. The SMILES string of the molecule is Cc1cc(C2(c3ccc(OCCO)c(C)c3)c3ccccc3-c3ccccc32)ccc1OCCO. The number of rotatable bonds is 8. The first kappa shape index (κ1) is 23.2. The van der Waals surface area contributed by atoms with Crippen LogP contribution in [0, 0.1) is 13.8 Å². The van der Waals surface area contributed by atoms with E-state index in [0.717, 1.165) is 33.8 Å². The van der Waals surface area contributed by atoms with Crippen LogP contribution in [0.3, 0.4) is 0 Å². The number of aryl methyl sites for hydroxylation is 2. The first-order chi connectivity index (χ1) is 17.1. The Morgan fingerprint density at radius 3 is 1.43 bits per heavy atom. The monoisotopic (exact) mass is 466 g/mol. The molecule has 178 valence electrons. The Hall–Kier alpha value is -3.60. The molecule has 0 radical (unpaired) electrons. The minimum absolute atomic E-state index is 0.0180. The molecule has 4 nitrogen and oxygen atoms in total. The maximum absolute atomic E-state index is 9.21. The van der Waals surface area contributed by atoms with E-state index < -0.39 is 5.41 Å². The highest BCUT2D eigenvalue weighted by Crippen LogP contribution is 2.56. The molecule has 0 saturated carbocycles. The average Bonchev–Trinajstić information content (AvgIpc) is 3.18. The maximum atomic E-state index is 9.21. The van der Waals surface area contributed by atoms with Crippen LogP contribution in [0.4, 0.5) is 0 Å². The standard InChI is InChI=1S/C31H30O4/c1-21-19-23(11-13-29(21)34-17-15-32)31(24-12-14-30(22(2)20-24)35-18-16-33)27-9-5-3-7-25(27)26-8-4-6-10-28(26)31/h3-14,19-20,32-33H,15-18H2,1-2H3. The van der Waals surface area contributed by atoms with Crippen LogP contribution in [0.15, 0.2) is 84.9 Å². The zero-order valence-electron chi connectivity index (χ0n) is 20.1. The molecule has 35 heavy (non-hydrogen) atoms. The summed E-state index contributed by atoms with van der Waals surface area (Å²) in [6.07, 6.45) is 0. The summed E-state index contributed by atoms with van der Waals surface area (Å²) in [6.45, 7) is 4.60.